The molecule has 2 heterocycles. The number of unbranched alkanes of at least 4 members (excludes halogenated alkanes) is 1. The first kappa shape index (κ1) is 12.9. The Kier molecular flexibility index (Phi) is 4.42. The normalized spacial score (nSPS) is 11.1. The van der Waals surface area contributed by atoms with E-state index in [-0.39, 0.29) is 5.56 Å². The van der Waals surface area contributed by atoms with Crippen molar-refractivity contribution in [2.45, 2.75) is 19.4 Å². The highest BCUT2D eigenvalue weighted by Crippen LogP contribution is 2.14. The van der Waals surface area contributed by atoms with Crippen LogP contribution in [0.25, 0.3) is 10.2 Å². The number of nitrogens with zero attached hydrogens (tertiary/aromatic N) is 1. The molecule has 0 bridgehead atoms. The van der Waals surface area contributed by atoms with Crippen molar-refractivity contribution in [3.63, 3.8) is 0 Å². The number of fused-ring (bicyclic) bond motifs is 1. The maximum atomic E-state index is 12.2. The van der Waals surface area contributed by atoms with Gasteiger partial charge < -0.3 is 4.98 Å². The molecule has 0 spiro atoms. The van der Waals surface area contributed by atoms with Gasteiger partial charge in [-0.3, -0.25) is 9.36 Å². The second-order valence-corrected chi connectivity index (χ2v) is 6.04. The van der Waals surface area contributed by atoms with Gasteiger partial charge in [0, 0.05) is 6.54 Å². The topological polar surface area (TPSA) is 37.8 Å². The molecule has 0 amide bonds. The van der Waals surface area contributed by atoms with Crippen molar-refractivity contribution in [1.82, 2.24) is 9.55 Å². The van der Waals surface area contributed by atoms with E-state index >= 15 is 0 Å². The van der Waals surface area contributed by atoms with Crippen LogP contribution in [-0.4, -0.2) is 21.6 Å². The van der Waals surface area contributed by atoms with Gasteiger partial charge in [-0.05, 0) is 48.5 Å². The third-order valence-electron chi connectivity index (χ3n) is 2.57. The van der Waals surface area contributed by atoms with Gasteiger partial charge in [-0.1, -0.05) is 0 Å². The van der Waals surface area contributed by atoms with Crippen molar-refractivity contribution in [2.75, 3.05) is 12.0 Å². The molecule has 6 heteroatoms. The second kappa shape index (κ2) is 5.84. The number of H-pyrrole nitrogens is 1. The summed E-state index contributed by atoms with van der Waals surface area (Å²) in [5.74, 6) is 1.13. The van der Waals surface area contributed by atoms with Gasteiger partial charge in [0.05, 0.1) is 5.52 Å². The highest BCUT2D eigenvalue weighted by Gasteiger charge is 2.05. The van der Waals surface area contributed by atoms with Crippen LogP contribution in [0.5, 0.6) is 0 Å². The van der Waals surface area contributed by atoms with E-state index in [0.717, 1.165) is 28.8 Å². The molecule has 0 unspecified atom stereocenters. The van der Waals surface area contributed by atoms with Gasteiger partial charge in [-0.25, -0.2) is 0 Å². The lowest BCUT2D eigenvalue weighted by Crippen LogP contribution is -2.21. The quantitative estimate of drug-likeness (QED) is 0.677. The molecule has 0 atom stereocenters. The molecule has 0 saturated heterocycles. The number of thioether (sulfide) groups is 1. The summed E-state index contributed by atoms with van der Waals surface area (Å²) in [6, 6.07) is 1.90. The molecule has 2 aromatic heterocycles. The second-order valence-electron chi connectivity index (χ2n) is 3.75. The van der Waals surface area contributed by atoms with E-state index in [9.17, 15) is 4.79 Å². The molecule has 17 heavy (non-hydrogen) atoms. The highest BCUT2D eigenvalue weighted by molar-refractivity contribution is 7.98. The first-order valence-electron chi connectivity index (χ1n) is 5.43. The Bertz CT molecular complexity index is 611. The van der Waals surface area contributed by atoms with Crippen LogP contribution in [0.1, 0.15) is 12.8 Å². The summed E-state index contributed by atoms with van der Waals surface area (Å²) in [6.45, 7) is 0.711. The van der Waals surface area contributed by atoms with E-state index < -0.39 is 0 Å². The minimum atomic E-state index is 0.0444. The zero-order valence-corrected chi connectivity index (χ0v) is 12.0. The Hall–Kier alpha value is -0.590. The van der Waals surface area contributed by atoms with Gasteiger partial charge in [-0.15, -0.1) is 11.3 Å². The van der Waals surface area contributed by atoms with Gasteiger partial charge in [0.1, 0.15) is 4.70 Å². The van der Waals surface area contributed by atoms with Crippen LogP contribution in [0.4, 0.5) is 0 Å². The number of thiophene rings is 1. The van der Waals surface area contributed by atoms with E-state index in [4.69, 9.17) is 12.2 Å². The number of aromatic nitrogens is 2. The molecule has 2 aromatic rings. The molecule has 0 aromatic carbocycles. The third kappa shape index (κ3) is 2.81. The number of hydrogen-bond acceptors (Lipinski definition) is 4. The fraction of sp³-hybridized carbons (Fsp3) is 0.455. The molecule has 0 radical (unpaired) electrons. The van der Waals surface area contributed by atoms with E-state index in [0.29, 0.717) is 11.3 Å². The van der Waals surface area contributed by atoms with E-state index in [2.05, 4.69) is 11.2 Å². The molecule has 0 fully saturated rings. The van der Waals surface area contributed by atoms with Crippen molar-refractivity contribution >= 4 is 45.5 Å². The largest absolute Gasteiger partial charge is 0.331 e. The lowest BCUT2D eigenvalue weighted by atomic mass is 10.3. The predicted octanol–water partition coefficient (Wildman–Crippen LogP) is 3.26. The summed E-state index contributed by atoms with van der Waals surface area (Å²) in [7, 11) is 0. The van der Waals surface area contributed by atoms with Crippen molar-refractivity contribution in [3.05, 3.63) is 26.6 Å². The standard InChI is InChI=1S/C11H14N2OS3/c1-16-6-3-2-5-13-10(14)9-8(4-7-17-9)12-11(13)15/h4,7H,2-3,5-6H2,1H3,(H,12,15). The summed E-state index contributed by atoms with van der Waals surface area (Å²) in [4.78, 5) is 15.3. The van der Waals surface area contributed by atoms with E-state index in [1.807, 2.05) is 23.2 Å². The molecule has 0 saturated carbocycles. The number of hydrogen-bond donors (Lipinski definition) is 1. The van der Waals surface area contributed by atoms with Crippen LogP contribution < -0.4 is 5.56 Å². The number of aromatic amines is 1. The van der Waals surface area contributed by atoms with Crippen LogP contribution in [0.2, 0.25) is 0 Å². The van der Waals surface area contributed by atoms with Crippen LogP contribution >= 0.6 is 35.3 Å². The average molecular weight is 286 g/mol. The molecular weight excluding hydrogens is 272 g/mol. The van der Waals surface area contributed by atoms with Crippen molar-refractivity contribution in [3.8, 4) is 0 Å². The Morgan fingerprint density at radius 1 is 1.53 bits per heavy atom. The van der Waals surface area contributed by atoms with Crippen LogP contribution in [-0.2, 0) is 6.54 Å². The van der Waals surface area contributed by atoms with E-state index in [1.54, 1.807) is 4.57 Å². The van der Waals surface area contributed by atoms with Gasteiger partial charge >= 0.3 is 0 Å². The van der Waals surface area contributed by atoms with Crippen molar-refractivity contribution < 1.29 is 0 Å². The molecule has 0 aliphatic heterocycles. The zero-order chi connectivity index (χ0) is 12.3. The smallest absolute Gasteiger partial charge is 0.272 e. The number of rotatable bonds is 5. The van der Waals surface area contributed by atoms with Crippen molar-refractivity contribution in [1.29, 1.82) is 0 Å². The van der Waals surface area contributed by atoms with Crippen LogP contribution in [0.15, 0.2) is 16.2 Å². The zero-order valence-electron chi connectivity index (χ0n) is 9.56. The Morgan fingerprint density at radius 2 is 2.35 bits per heavy atom. The predicted molar refractivity (Wildman–Crippen MR) is 78.9 cm³/mol. The maximum Gasteiger partial charge on any atom is 0.272 e. The minimum absolute atomic E-state index is 0.0444. The van der Waals surface area contributed by atoms with Gasteiger partial charge in [-0.2, -0.15) is 11.8 Å². The van der Waals surface area contributed by atoms with Gasteiger partial charge in [0.15, 0.2) is 4.77 Å². The molecule has 0 aliphatic carbocycles. The highest BCUT2D eigenvalue weighted by atomic mass is 32.2. The summed E-state index contributed by atoms with van der Waals surface area (Å²) in [5, 5.41) is 1.91. The minimum Gasteiger partial charge on any atom is -0.331 e. The molecule has 92 valence electrons. The Labute approximate surface area is 113 Å². The SMILES string of the molecule is CSCCCCn1c(=S)[nH]c2ccsc2c1=O. The summed E-state index contributed by atoms with van der Waals surface area (Å²) in [6.07, 6.45) is 4.20. The lowest BCUT2D eigenvalue weighted by Gasteiger charge is -2.05. The Morgan fingerprint density at radius 3 is 3.12 bits per heavy atom. The lowest BCUT2D eigenvalue weighted by molar-refractivity contribution is 0.604. The van der Waals surface area contributed by atoms with Crippen LogP contribution in [0.3, 0.4) is 0 Å². The van der Waals surface area contributed by atoms with Gasteiger partial charge in [0.25, 0.3) is 5.56 Å². The number of nitrogens with one attached hydrogen (secondary N) is 1. The fourth-order valence-corrected chi connectivity index (χ4v) is 3.26. The molecular formula is C11H14N2OS3. The first-order valence-corrected chi connectivity index (χ1v) is 8.11. The van der Waals surface area contributed by atoms with Gasteiger partial charge in [0.2, 0.25) is 0 Å². The summed E-state index contributed by atoms with van der Waals surface area (Å²) < 4.78 is 2.97. The molecule has 2 rings (SSSR count). The summed E-state index contributed by atoms with van der Waals surface area (Å²) >= 11 is 8.51. The van der Waals surface area contributed by atoms with Crippen molar-refractivity contribution in [2.24, 2.45) is 0 Å². The van der Waals surface area contributed by atoms with E-state index in [1.165, 1.54) is 11.3 Å². The maximum absolute atomic E-state index is 12.2. The average Bonchev–Trinajstić information content (AvgIpc) is 2.76. The third-order valence-corrected chi connectivity index (χ3v) is 4.49. The fourth-order valence-electron chi connectivity index (χ4n) is 1.69. The molecule has 3 nitrogen and oxygen atoms in total. The first-order chi connectivity index (χ1) is 8.24. The Balaban J connectivity index is 2.27. The van der Waals surface area contributed by atoms with Crippen LogP contribution in [0, 0.1) is 4.77 Å². The molecule has 1 N–H and O–H groups in total. The monoisotopic (exact) mass is 286 g/mol. The molecule has 0 aliphatic rings. The summed E-state index contributed by atoms with van der Waals surface area (Å²) in [5.41, 5.74) is 0.897.